The van der Waals surface area contributed by atoms with Gasteiger partial charge in [0.25, 0.3) is 0 Å². The van der Waals surface area contributed by atoms with Crippen molar-refractivity contribution in [2.45, 2.75) is 13.3 Å². The van der Waals surface area contributed by atoms with E-state index in [1.54, 1.807) is 0 Å². The lowest BCUT2D eigenvalue weighted by Crippen LogP contribution is -2.16. The number of anilines is 2. The van der Waals surface area contributed by atoms with Gasteiger partial charge in [0.05, 0.1) is 19.8 Å². The number of rotatable bonds is 8. The Kier molecular flexibility index (Phi) is 6.23. The molecule has 1 rings (SSSR count). The molecule has 0 atom stereocenters. The van der Waals surface area contributed by atoms with Gasteiger partial charge in [-0.3, -0.25) is 0 Å². The zero-order valence-electron chi connectivity index (χ0n) is 9.94. The molecule has 1 heterocycles. The smallest absolute Gasteiger partial charge is 0.148 e. The highest BCUT2D eigenvalue weighted by Gasteiger charge is 2.07. The first-order valence-corrected chi connectivity index (χ1v) is 5.56. The molecule has 17 heavy (non-hydrogen) atoms. The summed E-state index contributed by atoms with van der Waals surface area (Å²) < 4.78 is 5.14. The maximum atomic E-state index is 8.54. The van der Waals surface area contributed by atoms with Gasteiger partial charge in [0.1, 0.15) is 18.0 Å². The van der Waals surface area contributed by atoms with Crippen LogP contribution in [0, 0.1) is 0 Å². The quantitative estimate of drug-likeness (QED) is 0.282. The molecule has 1 aromatic heterocycles. The van der Waals surface area contributed by atoms with Crippen molar-refractivity contribution in [2.24, 2.45) is 5.84 Å². The summed E-state index contributed by atoms with van der Waals surface area (Å²) in [4.78, 5) is 8.19. The standard InChI is InChI=1S/C10H19N5O2/c1-2-8-9(12-3-5-17-6-4-16)13-7-14-10(8)15-11/h7,16H,2-6,11H2,1H3,(H2,12,13,14,15). The molecule has 0 fully saturated rings. The Morgan fingerprint density at radius 3 is 2.76 bits per heavy atom. The fraction of sp³-hybridized carbons (Fsp3) is 0.600. The van der Waals surface area contributed by atoms with Gasteiger partial charge in [-0.05, 0) is 6.42 Å². The number of aliphatic hydroxyl groups excluding tert-OH is 1. The molecule has 5 N–H and O–H groups in total. The molecule has 0 saturated heterocycles. The zero-order valence-corrected chi connectivity index (χ0v) is 9.94. The molecule has 7 heteroatoms. The predicted molar refractivity (Wildman–Crippen MR) is 65.6 cm³/mol. The minimum Gasteiger partial charge on any atom is -0.394 e. The maximum absolute atomic E-state index is 8.54. The highest BCUT2D eigenvalue weighted by atomic mass is 16.5. The molecule has 0 aliphatic heterocycles. The Morgan fingerprint density at radius 2 is 2.12 bits per heavy atom. The number of hydrogen-bond acceptors (Lipinski definition) is 7. The van der Waals surface area contributed by atoms with Gasteiger partial charge in [-0.2, -0.15) is 0 Å². The van der Waals surface area contributed by atoms with Gasteiger partial charge in [-0.25, -0.2) is 15.8 Å². The Hall–Kier alpha value is -1.44. The monoisotopic (exact) mass is 241 g/mol. The van der Waals surface area contributed by atoms with E-state index in [1.165, 1.54) is 6.33 Å². The number of nitrogen functional groups attached to an aromatic ring is 1. The summed E-state index contributed by atoms with van der Waals surface area (Å²) in [6.07, 6.45) is 2.23. The molecule has 0 radical (unpaired) electrons. The van der Waals surface area contributed by atoms with Gasteiger partial charge < -0.3 is 20.6 Å². The lowest BCUT2D eigenvalue weighted by Gasteiger charge is -2.12. The molecular weight excluding hydrogens is 222 g/mol. The van der Waals surface area contributed by atoms with Gasteiger partial charge in [0, 0.05) is 12.1 Å². The van der Waals surface area contributed by atoms with E-state index in [0.717, 1.165) is 17.8 Å². The van der Waals surface area contributed by atoms with Crippen LogP contribution in [0.5, 0.6) is 0 Å². The van der Waals surface area contributed by atoms with Crippen LogP contribution in [0.1, 0.15) is 12.5 Å². The third kappa shape index (κ3) is 4.14. The van der Waals surface area contributed by atoms with Crippen molar-refractivity contribution < 1.29 is 9.84 Å². The second-order valence-electron chi connectivity index (χ2n) is 3.31. The summed E-state index contributed by atoms with van der Waals surface area (Å²) in [6.45, 7) is 3.52. The van der Waals surface area contributed by atoms with E-state index < -0.39 is 0 Å². The van der Waals surface area contributed by atoms with Gasteiger partial charge in [0.15, 0.2) is 0 Å². The second-order valence-corrected chi connectivity index (χ2v) is 3.31. The average Bonchev–Trinajstić information content (AvgIpc) is 2.38. The van der Waals surface area contributed by atoms with Crippen LogP contribution in [-0.2, 0) is 11.2 Å². The van der Waals surface area contributed by atoms with E-state index in [0.29, 0.717) is 25.6 Å². The Balaban J connectivity index is 2.52. The van der Waals surface area contributed by atoms with Crippen molar-refractivity contribution in [3.05, 3.63) is 11.9 Å². The van der Waals surface area contributed by atoms with Crippen molar-refractivity contribution in [2.75, 3.05) is 37.1 Å². The molecule has 0 bridgehead atoms. The highest BCUT2D eigenvalue weighted by molar-refractivity contribution is 5.56. The van der Waals surface area contributed by atoms with E-state index in [-0.39, 0.29) is 6.61 Å². The third-order valence-corrected chi connectivity index (χ3v) is 2.21. The van der Waals surface area contributed by atoms with Crippen molar-refractivity contribution >= 4 is 11.6 Å². The summed E-state index contributed by atoms with van der Waals surface area (Å²) in [5.41, 5.74) is 3.48. The molecule has 1 aromatic rings. The summed E-state index contributed by atoms with van der Waals surface area (Å²) in [6, 6.07) is 0. The first kappa shape index (κ1) is 13.6. The van der Waals surface area contributed by atoms with Crippen LogP contribution in [0.3, 0.4) is 0 Å². The highest BCUT2D eigenvalue weighted by Crippen LogP contribution is 2.18. The molecule has 0 aliphatic carbocycles. The van der Waals surface area contributed by atoms with Crippen molar-refractivity contribution in [3.63, 3.8) is 0 Å². The zero-order chi connectivity index (χ0) is 12.5. The molecule has 7 nitrogen and oxygen atoms in total. The van der Waals surface area contributed by atoms with Crippen LogP contribution in [0.15, 0.2) is 6.33 Å². The van der Waals surface area contributed by atoms with Crippen molar-refractivity contribution in [1.29, 1.82) is 0 Å². The van der Waals surface area contributed by atoms with Crippen LogP contribution < -0.4 is 16.6 Å². The lowest BCUT2D eigenvalue weighted by molar-refractivity contribution is 0.0992. The Labute approximate surface area is 100 Å². The summed E-state index contributed by atoms with van der Waals surface area (Å²) in [7, 11) is 0. The van der Waals surface area contributed by atoms with E-state index in [2.05, 4.69) is 20.7 Å². The minimum absolute atomic E-state index is 0.0367. The molecule has 0 saturated carbocycles. The van der Waals surface area contributed by atoms with Crippen LogP contribution in [0.2, 0.25) is 0 Å². The largest absolute Gasteiger partial charge is 0.394 e. The van der Waals surface area contributed by atoms with Gasteiger partial charge in [-0.1, -0.05) is 6.92 Å². The van der Waals surface area contributed by atoms with E-state index >= 15 is 0 Å². The minimum atomic E-state index is 0.0367. The number of hydrogen-bond donors (Lipinski definition) is 4. The number of aliphatic hydroxyl groups is 1. The number of hydrazine groups is 1. The van der Waals surface area contributed by atoms with Crippen molar-refractivity contribution in [1.82, 2.24) is 9.97 Å². The second kappa shape index (κ2) is 7.77. The van der Waals surface area contributed by atoms with Crippen LogP contribution in [-0.4, -0.2) is 41.4 Å². The number of nitrogens with one attached hydrogen (secondary N) is 2. The van der Waals surface area contributed by atoms with Crippen LogP contribution in [0.25, 0.3) is 0 Å². The number of ether oxygens (including phenoxy) is 1. The Morgan fingerprint density at radius 1 is 1.35 bits per heavy atom. The summed E-state index contributed by atoms with van der Waals surface area (Å²) >= 11 is 0. The fourth-order valence-electron chi connectivity index (χ4n) is 1.43. The molecule has 0 unspecified atom stereocenters. The average molecular weight is 241 g/mol. The van der Waals surface area contributed by atoms with E-state index in [1.807, 2.05) is 6.92 Å². The van der Waals surface area contributed by atoms with Crippen LogP contribution >= 0.6 is 0 Å². The predicted octanol–water partition coefficient (Wildman–Crippen LogP) is -0.255. The molecule has 0 amide bonds. The van der Waals surface area contributed by atoms with Gasteiger partial charge in [0.2, 0.25) is 0 Å². The number of aromatic nitrogens is 2. The SMILES string of the molecule is CCc1c(NN)ncnc1NCCOCCO. The lowest BCUT2D eigenvalue weighted by atomic mass is 10.2. The fourth-order valence-corrected chi connectivity index (χ4v) is 1.43. The van der Waals surface area contributed by atoms with Crippen molar-refractivity contribution in [3.8, 4) is 0 Å². The molecule has 0 aliphatic rings. The molecule has 0 aromatic carbocycles. The summed E-state index contributed by atoms with van der Waals surface area (Å²) in [5.74, 6) is 6.75. The normalized spacial score (nSPS) is 10.3. The molecular formula is C10H19N5O2. The first-order valence-electron chi connectivity index (χ1n) is 5.56. The van der Waals surface area contributed by atoms with E-state index in [9.17, 15) is 0 Å². The van der Waals surface area contributed by atoms with Gasteiger partial charge >= 0.3 is 0 Å². The topological polar surface area (TPSA) is 105 Å². The van der Waals surface area contributed by atoms with E-state index in [4.69, 9.17) is 15.7 Å². The maximum Gasteiger partial charge on any atom is 0.148 e. The number of nitrogens with zero attached hydrogens (tertiary/aromatic N) is 2. The third-order valence-electron chi connectivity index (χ3n) is 2.21. The van der Waals surface area contributed by atoms with Crippen LogP contribution in [0.4, 0.5) is 11.6 Å². The molecule has 96 valence electrons. The first-order chi connectivity index (χ1) is 8.33. The number of nitrogens with two attached hydrogens (primary N) is 1. The molecule has 0 spiro atoms. The van der Waals surface area contributed by atoms with Gasteiger partial charge in [-0.15, -0.1) is 0 Å². The summed E-state index contributed by atoms with van der Waals surface area (Å²) in [5, 5.41) is 11.7. The Bertz CT molecular complexity index is 334.